The molecule has 0 saturated carbocycles. The van der Waals surface area contributed by atoms with Crippen LogP contribution in [0.1, 0.15) is 134 Å². The zero-order valence-electron chi connectivity index (χ0n) is 49.4. The normalized spacial score (nSPS) is 8.96. The van der Waals surface area contributed by atoms with Crippen molar-refractivity contribution in [3.8, 4) is 12.1 Å². The Hall–Kier alpha value is 3.34. The van der Waals surface area contributed by atoms with Crippen LogP contribution in [0.25, 0.3) is 4.85 Å². The number of hydrogen-bond donors (Lipinski definition) is 0. The summed E-state index contributed by atoms with van der Waals surface area (Å²) >= 11 is 7.33. The van der Waals surface area contributed by atoms with Crippen molar-refractivity contribution in [1.82, 2.24) is 0 Å². The fourth-order valence-electron chi connectivity index (χ4n) is 1.90. The molecule has 0 spiro atoms. The molecule has 438 valence electrons. The molecule has 0 fully saturated rings. The van der Waals surface area contributed by atoms with Gasteiger partial charge in [-0.1, -0.05) is 118 Å². The first kappa shape index (κ1) is 106. The Morgan fingerprint density at radius 2 is 0.878 bits per heavy atom. The maximum Gasteiger partial charge on any atom is 0.309 e. The molecule has 0 aliphatic rings. The number of rotatable bonds is 17. The minimum absolute atomic E-state index is 0. The van der Waals surface area contributed by atoms with Gasteiger partial charge in [0.05, 0.1) is 32.2 Å². The standard InChI is InChI=1S/C8H12O3.C7H12O.C6H7NO.C6H12.C5H7N.C5H8O.C4H8.C3H3N.H8P6.H7P5.H6P4.H5P3.Ru.S2.3H2/c1-7(9)5-3-4-6-8(10)11-2;1-3-4-5-6-7(2)8;1-6(8)4-2-3-5-7;1-3-5-6-4-2;1-3-4-5-6-2;1-3-4-5(2)6;1-3-4-2;1-2-3-4;1-5(2)6(3)4;1-4-5(2)3;1-4(2)3;1-3-2;;1-2;;;/h3-4H,5-6H2,1-2H3;4-5H,3,6H2,1-2H3;2-3H,4H2,1H3;5-6H,3-4H2,1-2H3;4-5H,3H2,1H3;3H,1,4H2,2H3;3H,1,4H2,2H3;2H,1H2;1-4H2;4H,1-3H2;1-3H2;3H,1-2H2;;;3*1H/b;5-4-;;;;;;;;;;;;;;;/i;;;;;;;;;;;;;;2*1+1D;1+1. The fraction of sp³-hybridized carbons (Fsp3) is 0.455. The Balaban J connectivity index is -0.0000000354. The Morgan fingerprint density at radius 1 is 0.608 bits per heavy atom. The molecule has 0 bridgehead atoms. The van der Waals surface area contributed by atoms with Gasteiger partial charge in [0.15, 0.2) is 0 Å². The molecule has 0 heterocycles. The fourth-order valence-corrected chi connectivity index (χ4v) is 1.90. The molecular weight excluding hydrogens is 1390 g/mol. The number of nitriles is 2. The summed E-state index contributed by atoms with van der Waals surface area (Å²) in [6.07, 6.45) is 29.9. The number of carbonyl (C=O) groups excluding carboxylic acids is 5. The number of nitrogens with zero attached hydrogens (tertiary/aromatic N) is 3. The van der Waals surface area contributed by atoms with E-state index in [1.807, 2.05) is 31.2 Å². The van der Waals surface area contributed by atoms with E-state index in [0.29, 0.717) is 25.7 Å². The maximum atomic E-state index is 10.5. The van der Waals surface area contributed by atoms with E-state index in [1.165, 1.54) is 52.2 Å². The van der Waals surface area contributed by atoms with Crippen LogP contribution in [0, 0.1) is 29.2 Å². The SMILES string of the molecule is C=CC#N.C=CCC.C=CCC(C)=O.CC(=O)CC=CC#N.CC/C=C\CC(C)=O.CCC=CCC.COC(=O)CC=CCC(C)=O.PP(P)P.PP(P)P(P)P.PPP.PPP(P)P.S=S.[2HH].[2H][2H].[2H][2H].[C-]#[N+]C=CCC.[Ru]. The number of Topliss-reactive ketones (excluding diaryl/α,β-unsaturated/α-hetero) is 4. The molecule has 0 radical (unpaired) electrons. The van der Waals surface area contributed by atoms with E-state index in [-0.39, 0.29) is 84.4 Å². The molecule has 0 aliphatic carbocycles. The molecular formula is C44H101N3O6P18RuS2. The third-order valence-corrected chi connectivity index (χ3v) is 38.0. The van der Waals surface area contributed by atoms with Crippen LogP contribution in [0.3, 0.4) is 0 Å². The van der Waals surface area contributed by atoms with Gasteiger partial charge < -0.3 is 4.74 Å². The number of hydrogen-bond acceptors (Lipinski definition) is 10. The Bertz CT molecular complexity index is 1510. The minimum atomic E-state index is -0.287. The molecule has 13 unspecified atom stereocenters. The largest absolute Gasteiger partial charge is 0.469 e. The molecule has 0 aromatic heterocycles. The molecule has 13 atom stereocenters. The van der Waals surface area contributed by atoms with Crippen LogP contribution in [0.5, 0.6) is 0 Å². The third-order valence-electron chi connectivity index (χ3n) is 4.77. The van der Waals surface area contributed by atoms with Crippen molar-refractivity contribution in [2.24, 2.45) is 0 Å². The monoisotopic (exact) mass is 1500 g/mol. The van der Waals surface area contributed by atoms with Crippen molar-refractivity contribution < 1.29 is 55.6 Å². The zero-order chi connectivity index (χ0) is 64.7. The summed E-state index contributed by atoms with van der Waals surface area (Å²) in [6, 6.07) is 3.48. The summed E-state index contributed by atoms with van der Waals surface area (Å²) in [4.78, 5) is 54.3. The van der Waals surface area contributed by atoms with Gasteiger partial charge in [0, 0.05) is 87.1 Å². The number of allylic oxidation sites excluding steroid dienone is 11. The van der Waals surface area contributed by atoms with E-state index in [9.17, 15) is 24.0 Å². The van der Waals surface area contributed by atoms with Crippen molar-refractivity contribution in [2.45, 2.75) is 127 Å². The van der Waals surface area contributed by atoms with Crippen LogP contribution >= 0.6 is 151 Å². The van der Waals surface area contributed by atoms with Crippen LogP contribution in [-0.4, -0.2) is 36.2 Å². The predicted molar refractivity (Wildman–Crippen MR) is 405 cm³/mol. The van der Waals surface area contributed by atoms with Crippen molar-refractivity contribution in [3.63, 3.8) is 0 Å². The van der Waals surface area contributed by atoms with Gasteiger partial charge in [-0.3, -0.25) is 24.0 Å². The zero-order valence-corrected chi connectivity index (χ0v) is 68.2. The summed E-state index contributed by atoms with van der Waals surface area (Å²) < 4.78 is 24.4. The summed E-state index contributed by atoms with van der Waals surface area (Å²) in [6.45, 7) is 33.4. The molecule has 9 nitrogen and oxygen atoms in total. The minimum Gasteiger partial charge on any atom is -0.469 e. The number of ketones is 4. The van der Waals surface area contributed by atoms with E-state index >= 15 is 0 Å². The summed E-state index contributed by atoms with van der Waals surface area (Å²) in [5, 5.41) is 15.4. The first-order valence-corrected chi connectivity index (χ1v) is 51.4. The second-order valence-electron chi connectivity index (χ2n) is 11.7. The quantitative estimate of drug-likeness (QED) is 0.0344. The predicted octanol–water partition coefficient (Wildman–Crippen LogP) is 21.0. The van der Waals surface area contributed by atoms with Crippen molar-refractivity contribution >= 4 is 202 Å². The van der Waals surface area contributed by atoms with Gasteiger partial charge in [-0.05, 0) is 87.7 Å². The molecule has 0 aliphatic heterocycles. The smallest absolute Gasteiger partial charge is 0.309 e. The molecule has 0 N–H and O–H groups in total. The van der Waals surface area contributed by atoms with Crippen LogP contribution < -0.4 is 0 Å². The number of ether oxygens (including phenoxy) is 1. The maximum absolute atomic E-state index is 10.5. The van der Waals surface area contributed by atoms with E-state index in [0.717, 1.165) is 35.2 Å². The molecule has 0 aromatic carbocycles. The Labute approximate surface area is 520 Å². The molecule has 0 saturated heterocycles. The van der Waals surface area contributed by atoms with Gasteiger partial charge in [-0.2, -0.15) is 10.5 Å². The number of methoxy groups -OCH3 is 1. The topological polar surface area (TPSA) is 147 Å². The van der Waals surface area contributed by atoms with Gasteiger partial charge in [0.25, 0.3) is 0 Å². The second kappa shape index (κ2) is 123. The average molecular weight is 1500 g/mol. The van der Waals surface area contributed by atoms with E-state index < -0.39 is 0 Å². The Kier molecular flexibility index (Phi) is 176. The van der Waals surface area contributed by atoms with E-state index in [2.05, 4.69) is 199 Å². The van der Waals surface area contributed by atoms with E-state index in [4.69, 9.17) is 23.0 Å². The van der Waals surface area contributed by atoms with E-state index in [1.54, 1.807) is 50.3 Å². The average Bonchev–Trinajstić information content (AvgIpc) is 3.39. The van der Waals surface area contributed by atoms with Gasteiger partial charge in [0.2, 0.25) is 0 Å². The summed E-state index contributed by atoms with van der Waals surface area (Å²) in [5.74, 6) is 0.284. The molecule has 30 heteroatoms. The van der Waals surface area contributed by atoms with Crippen molar-refractivity contribution in [2.75, 3.05) is 7.11 Å². The third kappa shape index (κ3) is 269. The summed E-state index contributed by atoms with van der Waals surface area (Å²) in [5.41, 5.74) is 0. The van der Waals surface area contributed by atoms with Gasteiger partial charge in [-0.25, -0.2) is 4.85 Å². The number of esters is 1. The van der Waals surface area contributed by atoms with Gasteiger partial charge in [-0.15, -0.1) is 120 Å². The van der Waals surface area contributed by atoms with Crippen LogP contribution in [0.2, 0.25) is 0 Å². The second-order valence-corrected chi connectivity index (χ2v) is 61.4. The molecule has 0 amide bonds. The first-order chi connectivity index (χ1) is 36.2. The number of carbonyl (C=O) groups is 5. The molecule has 74 heavy (non-hydrogen) atoms. The molecule has 0 aromatic rings. The van der Waals surface area contributed by atoms with Crippen LogP contribution in [0.15, 0.2) is 98.8 Å². The van der Waals surface area contributed by atoms with Crippen LogP contribution in [0.4, 0.5) is 0 Å². The van der Waals surface area contributed by atoms with Crippen molar-refractivity contribution in [1.29, 1.82) is 10.5 Å². The van der Waals surface area contributed by atoms with Crippen molar-refractivity contribution in [3.05, 3.63) is 110 Å². The van der Waals surface area contributed by atoms with Crippen LogP contribution in [-0.2, 0) is 70.6 Å². The summed E-state index contributed by atoms with van der Waals surface area (Å²) in [7, 11) is 35.7. The Morgan fingerprint density at radius 3 is 1.04 bits per heavy atom. The first-order valence-electron chi connectivity index (χ1n) is 23.2. The van der Waals surface area contributed by atoms with Gasteiger partial charge >= 0.3 is 5.97 Å². The molecule has 0 rings (SSSR count). The van der Waals surface area contributed by atoms with Gasteiger partial charge in [0.1, 0.15) is 29.3 Å².